The van der Waals surface area contributed by atoms with Crippen molar-refractivity contribution in [3.8, 4) is 5.75 Å². The largest absolute Gasteiger partial charge is 0.507 e. The number of aliphatic hydroxyl groups is 2. The maximum atomic E-state index is 10.4. The average molecular weight is 262 g/mol. The van der Waals surface area contributed by atoms with E-state index >= 15 is 0 Å². The van der Waals surface area contributed by atoms with Gasteiger partial charge in [0.2, 0.25) is 0 Å². The van der Waals surface area contributed by atoms with Crippen LogP contribution in [-0.4, -0.2) is 35.1 Å². The first-order chi connectivity index (χ1) is 9.19. The number of rotatable bonds is 5. The summed E-state index contributed by atoms with van der Waals surface area (Å²) >= 11 is 0. The number of aliphatic hydroxyl groups excluding tert-OH is 2. The molecule has 19 heavy (non-hydrogen) atoms. The normalized spacial score (nSPS) is 14.5. The molecule has 0 aromatic heterocycles. The highest BCUT2D eigenvalue weighted by Crippen LogP contribution is 2.33. The van der Waals surface area contributed by atoms with Gasteiger partial charge in [0.25, 0.3) is 0 Å². The molecule has 0 unspecified atom stereocenters. The van der Waals surface area contributed by atoms with Gasteiger partial charge in [-0.05, 0) is 23.4 Å². The Kier molecular flexibility index (Phi) is 4.37. The summed E-state index contributed by atoms with van der Waals surface area (Å²) in [7, 11) is 1.51. The van der Waals surface area contributed by atoms with Crippen LogP contribution in [0.1, 0.15) is 18.1 Å². The van der Waals surface area contributed by atoms with E-state index in [9.17, 15) is 10.2 Å². The minimum atomic E-state index is -0.845. The van der Waals surface area contributed by atoms with Crippen LogP contribution in [0.15, 0.2) is 36.4 Å². The number of hydrogen-bond acceptors (Lipinski definition) is 4. The molecule has 0 heterocycles. The molecule has 2 aromatic carbocycles. The highest BCUT2D eigenvalue weighted by molar-refractivity contribution is 5.91. The summed E-state index contributed by atoms with van der Waals surface area (Å²) in [6, 6.07) is 10.6. The average Bonchev–Trinajstić information content (AvgIpc) is 2.45. The van der Waals surface area contributed by atoms with Crippen molar-refractivity contribution in [1.29, 1.82) is 0 Å². The molecule has 0 aliphatic carbocycles. The van der Waals surface area contributed by atoms with Gasteiger partial charge in [-0.1, -0.05) is 30.3 Å². The Hall–Kier alpha value is -1.62. The maximum Gasteiger partial charge on any atom is 0.123 e. The van der Waals surface area contributed by atoms with Crippen molar-refractivity contribution in [3.63, 3.8) is 0 Å². The van der Waals surface area contributed by atoms with Crippen LogP contribution < -0.4 is 0 Å². The molecule has 2 rings (SSSR count). The van der Waals surface area contributed by atoms with Crippen molar-refractivity contribution in [1.82, 2.24) is 0 Å². The lowest BCUT2D eigenvalue weighted by molar-refractivity contribution is -0.0246. The Morgan fingerprint density at radius 3 is 2.42 bits per heavy atom. The van der Waals surface area contributed by atoms with Crippen LogP contribution in [0.2, 0.25) is 0 Å². The first-order valence-electron chi connectivity index (χ1n) is 6.21. The van der Waals surface area contributed by atoms with E-state index in [4.69, 9.17) is 9.84 Å². The van der Waals surface area contributed by atoms with Crippen LogP contribution in [0.3, 0.4) is 0 Å². The molecule has 0 bridgehead atoms. The van der Waals surface area contributed by atoms with E-state index in [1.54, 1.807) is 18.2 Å². The zero-order valence-corrected chi connectivity index (χ0v) is 10.8. The molecule has 0 saturated heterocycles. The van der Waals surface area contributed by atoms with E-state index in [1.165, 1.54) is 7.11 Å². The predicted molar refractivity (Wildman–Crippen MR) is 73.1 cm³/mol. The number of methoxy groups -OCH3 is 1. The summed E-state index contributed by atoms with van der Waals surface area (Å²) in [6.45, 7) is -0.0500. The standard InChI is InChI=1S/C15H18O4/c1-19-14(8-9-16)15(18)12-6-7-13(17)11-5-3-2-4-10(11)12/h2-7,14-18H,8-9H2,1H3/t14-,15-/m1/s1. The Bertz CT molecular complexity index is 553. The Labute approximate surface area is 111 Å². The summed E-state index contributed by atoms with van der Waals surface area (Å²) < 4.78 is 5.21. The number of aromatic hydroxyl groups is 1. The lowest BCUT2D eigenvalue weighted by Crippen LogP contribution is -2.22. The monoisotopic (exact) mass is 262 g/mol. The quantitative estimate of drug-likeness (QED) is 0.770. The maximum absolute atomic E-state index is 10.4. The smallest absolute Gasteiger partial charge is 0.123 e. The molecule has 0 saturated carbocycles. The predicted octanol–water partition coefficient (Wildman–Crippen LogP) is 1.98. The van der Waals surface area contributed by atoms with E-state index in [-0.39, 0.29) is 12.4 Å². The molecule has 0 amide bonds. The first-order valence-corrected chi connectivity index (χ1v) is 6.21. The van der Waals surface area contributed by atoms with Crippen molar-refractivity contribution >= 4 is 10.8 Å². The van der Waals surface area contributed by atoms with Crippen molar-refractivity contribution in [3.05, 3.63) is 42.0 Å². The summed E-state index contributed by atoms with van der Waals surface area (Å²) in [4.78, 5) is 0. The second-order valence-corrected chi connectivity index (χ2v) is 4.45. The number of phenolic OH excluding ortho intramolecular Hbond substituents is 1. The third-order valence-corrected chi connectivity index (χ3v) is 3.32. The van der Waals surface area contributed by atoms with Gasteiger partial charge < -0.3 is 20.1 Å². The second-order valence-electron chi connectivity index (χ2n) is 4.45. The van der Waals surface area contributed by atoms with Crippen LogP contribution in [0.25, 0.3) is 10.8 Å². The van der Waals surface area contributed by atoms with E-state index < -0.39 is 12.2 Å². The zero-order chi connectivity index (χ0) is 13.8. The van der Waals surface area contributed by atoms with Gasteiger partial charge in [0, 0.05) is 19.1 Å². The fourth-order valence-electron chi connectivity index (χ4n) is 2.30. The molecule has 4 nitrogen and oxygen atoms in total. The molecular weight excluding hydrogens is 244 g/mol. The van der Waals surface area contributed by atoms with Gasteiger partial charge in [-0.2, -0.15) is 0 Å². The second kappa shape index (κ2) is 6.02. The SMILES string of the molecule is CO[C@H](CCO)[C@H](O)c1ccc(O)c2ccccc12. The van der Waals surface area contributed by atoms with Gasteiger partial charge in [-0.25, -0.2) is 0 Å². The molecule has 0 radical (unpaired) electrons. The highest BCUT2D eigenvalue weighted by atomic mass is 16.5. The van der Waals surface area contributed by atoms with E-state index in [1.807, 2.05) is 18.2 Å². The molecule has 102 valence electrons. The van der Waals surface area contributed by atoms with Crippen molar-refractivity contribution in [2.75, 3.05) is 13.7 Å². The summed E-state index contributed by atoms with van der Waals surface area (Å²) in [6.07, 6.45) is -0.965. The Balaban J connectivity index is 2.47. The fraction of sp³-hybridized carbons (Fsp3) is 0.333. The molecule has 3 N–H and O–H groups in total. The lowest BCUT2D eigenvalue weighted by Gasteiger charge is -2.22. The number of ether oxygens (including phenoxy) is 1. The number of benzene rings is 2. The van der Waals surface area contributed by atoms with Gasteiger partial charge >= 0.3 is 0 Å². The molecular formula is C15H18O4. The third kappa shape index (κ3) is 2.71. The van der Waals surface area contributed by atoms with Crippen LogP contribution in [0.4, 0.5) is 0 Å². The van der Waals surface area contributed by atoms with Gasteiger partial charge in [0.1, 0.15) is 11.9 Å². The van der Waals surface area contributed by atoms with Gasteiger partial charge in [0.15, 0.2) is 0 Å². The molecule has 0 fully saturated rings. The van der Waals surface area contributed by atoms with Crippen molar-refractivity contribution < 1.29 is 20.1 Å². The fourth-order valence-corrected chi connectivity index (χ4v) is 2.30. The van der Waals surface area contributed by atoms with Crippen LogP contribution in [-0.2, 0) is 4.74 Å². The topological polar surface area (TPSA) is 69.9 Å². The van der Waals surface area contributed by atoms with Gasteiger partial charge in [-0.3, -0.25) is 0 Å². The Morgan fingerprint density at radius 1 is 1.11 bits per heavy atom. The number of fused-ring (bicyclic) bond motifs is 1. The minimum Gasteiger partial charge on any atom is -0.507 e. The molecule has 2 aromatic rings. The molecule has 0 aliphatic rings. The highest BCUT2D eigenvalue weighted by Gasteiger charge is 2.22. The van der Waals surface area contributed by atoms with E-state index in [0.717, 1.165) is 5.39 Å². The minimum absolute atomic E-state index is 0.0500. The number of phenols is 1. The first kappa shape index (κ1) is 13.8. The van der Waals surface area contributed by atoms with Gasteiger partial charge in [0.05, 0.1) is 6.10 Å². The molecule has 0 aliphatic heterocycles. The zero-order valence-electron chi connectivity index (χ0n) is 10.8. The van der Waals surface area contributed by atoms with Gasteiger partial charge in [-0.15, -0.1) is 0 Å². The van der Waals surface area contributed by atoms with Crippen LogP contribution in [0, 0.1) is 0 Å². The summed E-state index contributed by atoms with van der Waals surface area (Å²) in [5.74, 6) is 0.183. The third-order valence-electron chi connectivity index (χ3n) is 3.32. The van der Waals surface area contributed by atoms with Crippen LogP contribution in [0.5, 0.6) is 5.75 Å². The molecule has 0 spiro atoms. The van der Waals surface area contributed by atoms with E-state index in [2.05, 4.69) is 0 Å². The van der Waals surface area contributed by atoms with E-state index in [0.29, 0.717) is 17.4 Å². The summed E-state index contributed by atoms with van der Waals surface area (Å²) in [5, 5.41) is 30.7. The lowest BCUT2D eigenvalue weighted by atomic mass is 9.95. The van der Waals surface area contributed by atoms with Crippen molar-refractivity contribution in [2.45, 2.75) is 18.6 Å². The molecule has 4 heteroatoms. The van der Waals surface area contributed by atoms with Crippen molar-refractivity contribution in [2.24, 2.45) is 0 Å². The number of hydrogen-bond donors (Lipinski definition) is 3. The summed E-state index contributed by atoms with van der Waals surface area (Å²) in [5.41, 5.74) is 0.689. The molecule has 2 atom stereocenters. The van der Waals surface area contributed by atoms with Crippen LogP contribution >= 0.6 is 0 Å². The Morgan fingerprint density at radius 2 is 1.79 bits per heavy atom.